The first kappa shape index (κ1) is 22.4. The SMILES string of the molecule is COc1cc(/C=N\NC(=O)c2ccc(Cl)cc2)cc(Cl)c1OCc1ccc(I)cc1. The maximum atomic E-state index is 12.1. The molecule has 0 aliphatic carbocycles. The van der Waals surface area contributed by atoms with Crippen LogP contribution in [0.25, 0.3) is 0 Å². The van der Waals surface area contributed by atoms with Crippen molar-refractivity contribution >= 4 is 57.9 Å². The van der Waals surface area contributed by atoms with E-state index in [9.17, 15) is 4.79 Å². The van der Waals surface area contributed by atoms with E-state index in [0.717, 1.165) is 9.13 Å². The monoisotopic (exact) mass is 554 g/mol. The zero-order valence-corrected chi connectivity index (χ0v) is 19.5. The van der Waals surface area contributed by atoms with Crippen molar-refractivity contribution in [2.75, 3.05) is 7.11 Å². The van der Waals surface area contributed by atoms with Crippen LogP contribution in [-0.4, -0.2) is 19.2 Å². The van der Waals surface area contributed by atoms with Gasteiger partial charge >= 0.3 is 0 Å². The summed E-state index contributed by atoms with van der Waals surface area (Å²) in [5.41, 5.74) is 4.58. The van der Waals surface area contributed by atoms with Gasteiger partial charge in [0.25, 0.3) is 5.91 Å². The summed E-state index contributed by atoms with van der Waals surface area (Å²) >= 11 is 14.5. The average Bonchev–Trinajstić information content (AvgIpc) is 2.74. The number of hydrogen-bond donors (Lipinski definition) is 1. The van der Waals surface area contributed by atoms with Gasteiger partial charge in [-0.15, -0.1) is 0 Å². The largest absolute Gasteiger partial charge is 0.493 e. The molecule has 1 amide bonds. The van der Waals surface area contributed by atoms with Crippen LogP contribution >= 0.6 is 45.8 Å². The van der Waals surface area contributed by atoms with E-state index >= 15 is 0 Å². The van der Waals surface area contributed by atoms with Crippen LogP contribution in [0.5, 0.6) is 11.5 Å². The summed E-state index contributed by atoms with van der Waals surface area (Å²) in [5.74, 6) is 0.567. The van der Waals surface area contributed by atoms with Crippen molar-refractivity contribution < 1.29 is 14.3 Å². The fraction of sp³-hybridized carbons (Fsp3) is 0.0909. The molecule has 3 aromatic rings. The van der Waals surface area contributed by atoms with Crippen molar-refractivity contribution in [3.8, 4) is 11.5 Å². The van der Waals surface area contributed by atoms with E-state index < -0.39 is 0 Å². The third-order valence-corrected chi connectivity index (χ3v) is 5.29. The van der Waals surface area contributed by atoms with E-state index in [1.54, 1.807) is 36.4 Å². The highest BCUT2D eigenvalue weighted by molar-refractivity contribution is 14.1. The number of nitrogens with zero attached hydrogens (tertiary/aromatic N) is 1. The normalized spacial score (nSPS) is 10.8. The summed E-state index contributed by atoms with van der Waals surface area (Å²) < 4.78 is 12.4. The van der Waals surface area contributed by atoms with E-state index in [4.69, 9.17) is 32.7 Å². The number of hydrazone groups is 1. The summed E-state index contributed by atoms with van der Waals surface area (Å²) in [5, 5.41) is 4.91. The van der Waals surface area contributed by atoms with Gasteiger partial charge in [0, 0.05) is 14.2 Å². The molecule has 3 aromatic carbocycles. The van der Waals surface area contributed by atoms with Crippen molar-refractivity contribution in [3.63, 3.8) is 0 Å². The predicted octanol–water partition coefficient (Wildman–Crippen LogP) is 5.95. The molecule has 0 aliphatic rings. The molecule has 0 spiro atoms. The van der Waals surface area contributed by atoms with Crippen molar-refractivity contribution in [1.82, 2.24) is 5.43 Å². The van der Waals surface area contributed by atoms with Gasteiger partial charge in [0.1, 0.15) is 6.61 Å². The molecule has 0 saturated heterocycles. The molecule has 1 N–H and O–H groups in total. The van der Waals surface area contributed by atoms with Crippen LogP contribution in [-0.2, 0) is 6.61 Å². The van der Waals surface area contributed by atoms with Gasteiger partial charge in [-0.2, -0.15) is 5.10 Å². The Kier molecular flexibility index (Phi) is 7.95. The molecule has 0 bridgehead atoms. The number of benzene rings is 3. The highest BCUT2D eigenvalue weighted by Crippen LogP contribution is 2.36. The summed E-state index contributed by atoms with van der Waals surface area (Å²) in [6.45, 7) is 0.359. The molecular formula is C22H17Cl2IN2O3. The number of methoxy groups -OCH3 is 1. The fourth-order valence-electron chi connectivity index (χ4n) is 2.52. The molecular weight excluding hydrogens is 538 g/mol. The molecule has 0 radical (unpaired) electrons. The lowest BCUT2D eigenvalue weighted by Gasteiger charge is -2.13. The second kappa shape index (κ2) is 10.7. The molecule has 0 atom stereocenters. The van der Waals surface area contributed by atoms with Crippen LogP contribution in [0.3, 0.4) is 0 Å². The van der Waals surface area contributed by atoms with Gasteiger partial charge in [0.15, 0.2) is 11.5 Å². The summed E-state index contributed by atoms with van der Waals surface area (Å²) in [4.78, 5) is 12.1. The number of amides is 1. The van der Waals surface area contributed by atoms with E-state index in [2.05, 4.69) is 33.1 Å². The molecule has 8 heteroatoms. The standard InChI is InChI=1S/C22H17Cl2IN2O3/c1-29-20-11-15(12-26-27-22(28)16-4-6-17(23)7-5-16)10-19(24)21(20)30-13-14-2-8-18(25)9-3-14/h2-12H,13H2,1H3,(H,27,28)/b26-12-. The highest BCUT2D eigenvalue weighted by Gasteiger charge is 2.12. The van der Waals surface area contributed by atoms with Gasteiger partial charge in [-0.05, 0) is 82.2 Å². The third kappa shape index (κ3) is 6.10. The molecule has 0 aliphatic heterocycles. The lowest BCUT2D eigenvalue weighted by molar-refractivity contribution is 0.0955. The van der Waals surface area contributed by atoms with E-state index in [1.807, 2.05) is 24.3 Å². The maximum Gasteiger partial charge on any atom is 0.271 e. The molecule has 0 unspecified atom stereocenters. The first-order chi connectivity index (χ1) is 14.5. The van der Waals surface area contributed by atoms with Crippen LogP contribution in [0.2, 0.25) is 10.0 Å². The van der Waals surface area contributed by atoms with Crippen LogP contribution in [0.15, 0.2) is 65.8 Å². The molecule has 3 rings (SSSR count). The van der Waals surface area contributed by atoms with Gasteiger partial charge < -0.3 is 9.47 Å². The minimum absolute atomic E-state index is 0.349. The van der Waals surface area contributed by atoms with Crippen LogP contribution in [0.1, 0.15) is 21.5 Å². The molecule has 0 saturated carbocycles. The number of halogens is 3. The molecule has 0 heterocycles. The van der Waals surface area contributed by atoms with Gasteiger partial charge in [-0.1, -0.05) is 35.3 Å². The molecule has 5 nitrogen and oxygen atoms in total. The Morgan fingerprint density at radius 1 is 1.10 bits per heavy atom. The van der Waals surface area contributed by atoms with Crippen molar-refractivity contribution in [1.29, 1.82) is 0 Å². The zero-order chi connectivity index (χ0) is 21.5. The van der Waals surface area contributed by atoms with E-state index in [-0.39, 0.29) is 5.91 Å². The Bertz CT molecular complexity index is 1060. The molecule has 154 valence electrons. The van der Waals surface area contributed by atoms with Crippen molar-refractivity contribution in [2.45, 2.75) is 6.61 Å². The van der Waals surface area contributed by atoms with Gasteiger partial charge in [0.05, 0.1) is 18.3 Å². The van der Waals surface area contributed by atoms with Crippen molar-refractivity contribution in [3.05, 3.63) is 91.0 Å². The highest BCUT2D eigenvalue weighted by atomic mass is 127. The first-order valence-corrected chi connectivity index (χ1v) is 10.6. The number of hydrogen-bond acceptors (Lipinski definition) is 4. The number of ether oxygens (including phenoxy) is 2. The second-order valence-corrected chi connectivity index (χ2v) is 8.24. The third-order valence-electron chi connectivity index (χ3n) is 4.03. The van der Waals surface area contributed by atoms with E-state index in [1.165, 1.54) is 13.3 Å². The van der Waals surface area contributed by atoms with Gasteiger partial charge in [-0.3, -0.25) is 4.79 Å². The lowest BCUT2D eigenvalue weighted by atomic mass is 10.2. The number of carbonyl (C=O) groups is 1. The van der Waals surface area contributed by atoms with Crippen LogP contribution in [0.4, 0.5) is 0 Å². The predicted molar refractivity (Wildman–Crippen MR) is 128 cm³/mol. The number of carbonyl (C=O) groups excluding carboxylic acids is 1. The minimum Gasteiger partial charge on any atom is -0.493 e. The van der Waals surface area contributed by atoms with Crippen molar-refractivity contribution in [2.24, 2.45) is 5.10 Å². The Hall–Kier alpha value is -2.29. The second-order valence-electron chi connectivity index (χ2n) is 6.16. The smallest absolute Gasteiger partial charge is 0.271 e. The van der Waals surface area contributed by atoms with Gasteiger partial charge in [0.2, 0.25) is 0 Å². The number of rotatable bonds is 7. The fourth-order valence-corrected chi connectivity index (χ4v) is 3.28. The van der Waals surface area contributed by atoms with Crippen LogP contribution in [0, 0.1) is 3.57 Å². The topological polar surface area (TPSA) is 59.9 Å². The zero-order valence-electron chi connectivity index (χ0n) is 15.9. The Balaban J connectivity index is 1.68. The Labute approximate surface area is 198 Å². The molecule has 0 fully saturated rings. The molecule has 30 heavy (non-hydrogen) atoms. The summed E-state index contributed by atoms with van der Waals surface area (Å²) in [6, 6.07) is 17.9. The Morgan fingerprint density at radius 2 is 1.80 bits per heavy atom. The summed E-state index contributed by atoms with van der Waals surface area (Å²) in [6.07, 6.45) is 1.48. The van der Waals surface area contributed by atoms with Gasteiger partial charge in [-0.25, -0.2) is 5.43 Å². The van der Waals surface area contributed by atoms with Crippen LogP contribution < -0.4 is 14.9 Å². The van der Waals surface area contributed by atoms with E-state index in [0.29, 0.717) is 39.3 Å². The quantitative estimate of drug-likeness (QED) is 0.223. The average molecular weight is 555 g/mol. The maximum absolute atomic E-state index is 12.1. The first-order valence-electron chi connectivity index (χ1n) is 8.80. The number of nitrogens with one attached hydrogen (secondary N) is 1. The lowest BCUT2D eigenvalue weighted by Crippen LogP contribution is -2.17. The minimum atomic E-state index is -0.349. The molecule has 0 aromatic heterocycles. The Morgan fingerprint density at radius 3 is 2.47 bits per heavy atom. The summed E-state index contributed by atoms with van der Waals surface area (Å²) in [7, 11) is 1.53.